The molecule has 1 fully saturated rings. The number of nitrogens with one attached hydrogen (secondary N) is 1. The van der Waals surface area contributed by atoms with Gasteiger partial charge in [0.05, 0.1) is 19.3 Å². The Morgan fingerprint density at radius 3 is 2.88 bits per heavy atom. The highest BCUT2D eigenvalue weighted by Gasteiger charge is 2.38. The van der Waals surface area contributed by atoms with Gasteiger partial charge in [-0.2, -0.15) is 5.26 Å². The van der Waals surface area contributed by atoms with E-state index in [2.05, 4.69) is 42.6 Å². The highest BCUT2D eigenvalue weighted by Crippen LogP contribution is 2.25. The van der Waals surface area contributed by atoms with Gasteiger partial charge in [0, 0.05) is 13.1 Å². The Morgan fingerprint density at radius 1 is 1.50 bits per heavy atom. The molecule has 0 aliphatic carbocycles. The zero-order chi connectivity index (χ0) is 11.4. The number of nitriles is 1. The van der Waals surface area contributed by atoms with Crippen molar-refractivity contribution in [2.75, 3.05) is 19.8 Å². The number of aryl methyl sites for hydroxylation is 1. The Balaban J connectivity index is 1.82. The minimum Gasteiger partial charge on any atom is -0.378 e. The van der Waals surface area contributed by atoms with Gasteiger partial charge in [0.1, 0.15) is 5.41 Å². The molecule has 0 saturated carbocycles. The van der Waals surface area contributed by atoms with Gasteiger partial charge in [-0.05, 0) is 12.5 Å². The van der Waals surface area contributed by atoms with Gasteiger partial charge in [-0.25, -0.2) is 0 Å². The second kappa shape index (κ2) is 4.65. The Labute approximate surface area is 96.0 Å². The van der Waals surface area contributed by atoms with Crippen molar-refractivity contribution in [1.82, 2.24) is 5.32 Å². The molecule has 0 amide bonds. The molecule has 16 heavy (non-hydrogen) atoms. The third-order valence-electron chi connectivity index (χ3n) is 2.87. The summed E-state index contributed by atoms with van der Waals surface area (Å²) in [6.07, 6.45) is 0. The monoisotopic (exact) mass is 216 g/mol. The number of ether oxygens (including phenoxy) is 1. The van der Waals surface area contributed by atoms with Crippen molar-refractivity contribution in [3.63, 3.8) is 0 Å². The maximum Gasteiger partial charge on any atom is 0.116 e. The maximum atomic E-state index is 9.01. The fourth-order valence-electron chi connectivity index (χ4n) is 1.82. The van der Waals surface area contributed by atoms with E-state index in [0.29, 0.717) is 19.8 Å². The normalized spacial score (nSPS) is 17.5. The molecule has 1 heterocycles. The van der Waals surface area contributed by atoms with E-state index in [1.165, 1.54) is 11.1 Å². The van der Waals surface area contributed by atoms with Crippen LogP contribution in [-0.4, -0.2) is 19.8 Å². The van der Waals surface area contributed by atoms with Crippen LogP contribution in [-0.2, 0) is 11.3 Å². The van der Waals surface area contributed by atoms with Crippen molar-refractivity contribution < 1.29 is 4.74 Å². The fourth-order valence-corrected chi connectivity index (χ4v) is 1.82. The van der Waals surface area contributed by atoms with Gasteiger partial charge in [-0.15, -0.1) is 0 Å². The van der Waals surface area contributed by atoms with Gasteiger partial charge in [0.15, 0.2) is 0 Å². The van der Waals surface area contributed by atoms with Gasteiger partial charge in [0.2, 0.25) is 0 Å². The van der Waals surface area contributed by atoms with Gasteiger partial charge >= 0.3 is 0 Å². The molecule has 0 atom stereocenters. The molecule has 0 spiro atoms. The van der Waals surface area contributed by atoms with E-state index in [0.717, 1.165) is 6.54 Å². The third kappa shape index (κ3) is 2.41. The minimum atomic E-state index is -0.288. The lowest BCUT2D eigenvalue weighted by Crippen LogP contribution is -2.48. The van der Waals surface area contributed by atoms with Gasteiger partial charge in [-0.3, -0.25) is 0 Å². The molecule has 1 N–H and O–H groups in total. The van der Waals surface area contributed by atoms with Crippen molar-refractivity contribution in [2.45, 2.75) is 13.5 Å². The van der Waals surface area contributed by atoms with Crippen LogP contribution in [0.5, 0.6) is 0 Å². The van der Waals surface area contributed by atoms with Crippen LogP contribution in [0.2, 0.25) is 0 Å². The summed E-state index contributed by atoms with van der Waals surface area (Å²) in [5.74, 6) is 0. The zero-order valence-electron chi connectivity index (χ0n) is 9.49. The van der Waals surface area contributed by atoms with E-state index >= 15 is 0 Å². The summed E-state index contributed by atoms with van der Waals surface area (Å²) in [6, 6.07) is 10.7. The average Bonchev–Trinajstić information content (AvgIpc) is 2.22. The van der Waals surface area contributed by atoms with Crippen LogP contribution in [0.4, 0.5) is 0 Å². The largest absolute Gasteiger partial charge is 0.378 e. The summed E-state index contributed by atoms with van der Waals surface area (Å²) in [5.41, 5.74) is 2.23. The van der Waals surface area contributed by atoms with Crippen LogP contribution in [0.25, 0.3) is 0 Å². The molecular weight excluding hydrogens is 200 g/mol. The molecule has 1 aliphatic heterocycles. The molecule has 1 aliphatic rings. The Bertz CT molecular complexity index is 405. The molecule has 1 aromatic carbocycles. The summed E-state index contributed by atoms with van der Waals surface area (Å²) >= 11 is 0. The smallest absolute Gasteiger partial charge is 0.116 e. The van der Waals surface area contributed by atoms with Crippen LogP contribution in [0.3, 0.4) is 0 Å². The van der Waals surface area contributed by atoms with E-state index in [4.69, 9.17) is 10.00 Å². The molecule has 2 rings (SSSR count). The first-order chi connectivity index (χ1) is 7.74. The Kier molecular flexibility index (Phi) is 3.23. The molecule has 3 nitrogen and oxygen atoms in total. The molecule has 0 radical (unpaired) electrons. The quantitative estimate of drug-likeness (QED) is 0.832. The lowest BCUT2D eigenvalue weighted by Gasteiger charge is -2.35. The Hall–Kier alpha value is -1.37. The highest BCUT2D eigenvalue weighted by atomic mass is 16.5. The summed E-state index contributed by atoms with van der Waals surface area (Å²) < 4.78 is 5.09. The standard InChI is InChI=1S/C13H16N2O/c1-11-3-2-4-12(5-11)6-15-8-13(7-14)9-16-10-13/h2-5,15H,6,8-10H2,1H3. The lowest BCUT2D eigenvalue weighted by molar-refractivity contribution is -0.0755. The van der Waals surface area contributed by atoms with Crippen LogP contribution >= 0.6 is 0 Å². The van der Waals surface area contributed by atoms with Crippen molar-refractivity contribution in [2.24, 2.45) is 5.41 Å². The van der Waals surface area contributed by atoms with Crippen molar-refractivity contribution in [3.05, 3.63) is 35.4 Å². The predicted octanol–water partition coefficient (Wildman–Crippen LogP) is 1.62. The second-order valence-electron chi connectivity index (χ2n) is 4.48. The van der Waals surface area contributed by atoms with Gasteiger partial charge < -0.3 is 10.1 Å². The minimum absolute atomic E-state index is 0.288. The number of benzene rings is 1. The summed E-state index contributed by atoms with van der Waals surface area (Å²) in [7, 11) is 0. The average molecular weight is 216 g/mol. The van der Waals surface area contributed by atoms with Crippen LogP contribution in [0.1, 0.15) is 11.1 Å². The number of rotatable bonds is 4. The second-order valence-corrected chi connectivity index (χ2v) is 4.48. The first-order valence-corrected chi connectivity index (χ1v) is 5.49. The van der Waals surface area contributed by atoms with E-state index < -0.39 is 0 Å². The molecule has 0 unspecified atom stereocenters. The lowest BCUT2D eigenvalue weighted by atomic mass is 9.88. The van der Waals surface area contributed by atoms with E-state index in [1.54, 1.807) is 0 Å². The van der Waals surface area contributed by atoms with Gasteiger partial charge in [-0.1, -0.05) is 29.8 Å². The molecule has 1 saturated heterocycles. The third-order valence-corrected chi connectivity index (χ3v) is 2.87. The number of nitrogens with zero attached hydrogens (tertiary/aromatic N) is 1. The highest BCUT2D eigenvalue weighted by molar-refractivity contribution is 5.22. The SMILES string of the molecule is Cc1cccc(CNCC2(C#N)COC2)c1. The summed E-state index contributed by atoms with van der Waals surface area (Å²) in [5, 5.41) is 12.3. The van der Waals surface area contributed by atoms with Crippen molar-refractivity contribution >= 4 is 0 Å². The van der Waals surface area contributed by atoms with E-state index in [-0.39, 0.29) is 5.41 Å². The molecular formula is C13H16N2O. The molecule has 84 valence electrons. The van der Waals surface area contributed by atoms with E-state index in [9.17, 15) is 0 Å². The summed E-state index contributed by atoms with van der Waals surface area (Å²) in [4.78, 5) is 0. The first-order valence-electron chi connectivity index (χ1n) is 5.49. The molecule has 3 heteroatoms. The summed E-state index contributed by atoms with van der Waals surface area (Å²) in [6.45, 7) is 4.72. The number of hydrogen-bond donors (Lipinski definition) is 1. The fraction of sp³-hybridized carbons (Fsp3) is 0.462. The zero-order valence-corrected chi connectivity index (χ0v) is 9.49. The molecule has 0 bridgehead atoms. The Morgan fingerprint density at radius 2 is 2.31 bits per heavy atom. The topological polar surface area (TPSA) is 45.0 Å². The first kappa shape index (κ1) is 11.1. The van der Waals surface area contributed by atoms with Crippen LogP contribution < -0.4 is 5.32 Å². The van der Waals surface area contributed by atoms with Gasteiger partial charge in [0.25, 0.3) is 0 Å². The predicted molar refractivity (Wildman–Crippen MR) is 61.8 cm³/mol. The molecule has 0 aromatic heterocycles. The van der Waals surface area contributed by atoms with E-state index in [1.807, 2.05) is 0 Å². The van der Waals surface area contributed by atoms with Crippen molar-refractivity contribution in [3.8, 4) is 6.07 Å². The van der Waals surface area contributed by atoms with Crippen LogP contribution in [0.15, 0.2) is 24.3 Å². The van der Waals surface area contributed by atoms with Crippen LogP contribution in [0, 0.1) is 23.7 Å². The van der Waals surface area contributed by atoms with Crippen molar-refractivity contribution in [1.29, 1.82) is 5.26 Å². The molecule has 1 aromatic rings. The number of hydrogen-bond acceptors (Lipinski definition) is 3. The maximum absolute atomic E-state index is 9.01.